The molecule has 0 bridgehead atoms. The van der Waals surface area contributed by atoms with Gasteiger partial charge in [-0.25, -0.2) is 0 Å². The molecule has 1 N–H and O–H groups in total. The van der Waals surface area contributed by atoms with Crippen LogP contribution in [-0.2, 0) is 6.54 Å². The van der Waals surface area contributed by atoms with Gasteiger partial charge in [-0.05, 0) is 28.8 Å². The molecule has 1 fully saturated rings. The molecule has 1 aliphatic rings. The third kappa shape index (κ3) is 3.03. The van der Waals surface area contributed by atoms with Gasteiger partial charge in [0, 0.05) is 32.2 Å². The fraction of sp³-hybridized carbons (Fsp3) is 0.667. The molecule has 0 aromatic carbocycles. The third-order valence-corrected chi connectivity index (χ3v) is 3.79. The van der Waals surface area contributed by atoms with E-state index < -0.39 is 0 Å². The Morgan fingerprint density at radius 3 is 3.27 bits per heavy atom. The van der Waals surface area contributed by atoms with Crippen LogP contribution >= 0.6 is 11.3 Å². The Kier molecular flexibility index (Phi) is 4.18. The summed E-state index contributed by atoms with van der Waals surface area (Å²) in [5, 5.41) is 7.93. The minimum absolute atomic E-state index is 0.739. The molecule has 0 aliphatic carbocycles. The van der Waals surface area contributed by atoms with Gasteiger partial charge >= 0.3 is 0 Å². The van der Waals surface area contributed by atoms with Crippen molar-refractivity contribution in [3.05, 3.63) is 22.4 Å². The van der Waals surface area contributed by atoms with Crippen molar-refractivity contribution in [2.75, 3.05) is 19.6 Å². The molecule has 3 heteroatoms. The lowest BCUT2D eigenvalue weighted by atomic mass is 10.1. The number of nitrogens with one attached hydrogen (secondary N) is 1. The summed E-state index contributed by atoms with van der Waals surface area (Å²) in [6.45, 7) is 6.91. The molecule has 1 aliphatic heterocycles. The first-order valence-corrected chi connectivity index (χ1v) is 6.80. The van der Waals surface area contributed by atoms with Crippen LogP contribution in [0.5, 0.6) is 0 Å². The van der Waals surface area contributed by atoms with Gasteiger partial charge in [0.25, 0.3) is 0 Å². The van der Waals surface area contributed by atoms with Crippen molar-refractivity contribution in [1.82, 2.24) is 10.2 Å². The molecule has 0 radical (unpaired) electrons. The topological polar surface area (TPSA) is 15.3 Å². The highest BCUT2D eigenvalue weighted by atomic mass is 32.1. The summed E-state index contributed by atoms with van der Waals surface area (Å²) in [6.07, 6.45) is 2.60. The van der Waals surface area contributed by atoms with E-state index in [0.717, 1.165) is 25.7 Å². The van der Waals surface area contributed by atoms with Gasteiger partial charge in [0.1, 0.15) is 0 Å². The lowest BCUT2D eigenvalue weighted by Crippen LogP contribution is -2.50. The average Bonchev–Trinajstić information content (AvgIpc) is 2.74. The first-order chi connectivity index (χ1) is 7.40. The van der Waals surface area contributed by atoms with Crippen molar-refractivity contribution in [2.24, 2.45) is 0 Å². The van der Waals surface area contributed by atoms with Crippen LogP contribution in [-0.4, -0.2) is 30.6 Å². The zero-order valence-electron chi connectivity index (χ0n) is 9.41. The number of hydrogen-bond donors (Lipinski definition) is 1. The number of hydrogen-bond acceptors (Lipinski definition) is 3. The lowest BCUT2D eigenvalue weighted by Gasteiger charge is -2.36. The molecule has 1 unspecified atom stereocenters. The molecular formula is C12H20N2S. The van der Waals surface area contributed by atoms with Crippen LogP contribution in [0.3, 0.4) is 0 Å². The Labute approximate surface area is 96.3 Å². The van der Waals surface area contributed by atoms with E-state index >= 15 is 0 Å². The van der Waals surface area contributed by atoms with Crippen LogP contribution in [0.2, 0.25) is 0 Å². The summed E-state index contributed by atoms with van der Waals surface area (Å²) in [6, 6.07) is 2.99. The van der Waals surface area contributed by atoms with Gasteiger partial charge in [0.05, 0.1) is 0 Å². The molecule has 15 heavy (non-hydrogen) atoms. The van der Waals surface area contributed by atoms with Crippen LogP contribution in [0.4, 0.5) is 0 Å². The highest BCUT2D eigenvalue weighted by Gasteiger charge is 2.20. The number of nitrogens with zero attached hydrogens (tertiary/aromatic N) is 1. The Bertz CT molecular complexity index is 269. The summed E-state index contributed by atoms with van der Waals surface area (Å²) < 4.78 is 0. The van der Waals surface area contributed by atoms with Gasteiger partial charge in [0.15, 0.2) is 0 Å². The Hall–Kier alpha value is -0.380. The second-order valence-corrected chi connectivity index (χ2v) is 5.03. The van der Waals surface area contributed by atoms with Crippen molar-refractivity contribution in [3.63, 3.8) is 0 Å². The molecular weight excluding hydrogens is 204 g/mol. The smallest absolute Gasteiger partial charge is 0.0246 e. The van der Waals surface area contributed by atoms with Crippen LogP contribution in [0, 0.1) is 0 Å². The van der Waals surface area contributed by atoms with Crippen molar-refractivity contribution >= 4 is 11.3 Å². The second-order valence-electron chi connectivity index (χ2n) is 4.25. The number of piperazine rings is 1. The Morgan fingerprint density at radius 2 is 2.53 bits per heavy atom. The lowest BCUT2D eigenvalue weighted by molar-refractivity contribution is 0.144. The quantitative estimate of drug-likeness (QED) is 0.844. The zero-order chi connectivity index (χ0) is 10.5. The Morgan fingerprint density at radius 1 is 1.60 bits per heavy atom. The molecule has 2 nitrogen and oxygen atoms in total. The molecule has 1 aromatic rings. The summed E-state index contributed by atoms with van der Waals surface area (Å²) in [5.74, 6) is 0. The molecule has 1 aromatic heterocycles. The molecule has 1 atom stereocenters. The van der Waals surface area contributed by atoms with Crippen LogP contribution in [0.1, 0.15) is 25.3 Å². The molecule has 84 valence electrons. The SMILES string of the molecule is CCCC1CNCCN1Cc1ccsc1. The normalized spacial score (nSPS) is 23.1. The summed E-state index contributed by atoms with van der Waals surface area (Å²) in [5.41, 5.74) is 1.48. The monoisotopic (exact) mass is 224 g/mol. The van der Waals surface area contributed by atoms with Gasteiger partial charge in [-0.1, -0.05) is 13.3 Å². The molecule has 2 rings (SSSR count). The summed E-state index contributed by atoms with van der Waals surface area (Å²) in [7, 11) is 0. The van der Waals surface area contributed by atoms with E-state index in [0.29, 0.717) is 0 Å². The molecule has 0 spiro atoms. The second kappa shape index (κ2) is 5.64. The standard InChI is InChI=1S/C12H20N2S/c1-2-3-12-8-13-5-6-14(12)9-11-4-7-15-10-11/h4,7,10,12-13H,2-3,5-6,8-9H2,1H3. The van der Waals surface area contributed by atoms with E-state index in [1.807, 2.05) is 0 Å². The minimum Gasteiger partial charge on any atom is -0.314 e. The predicted octanol–water partition coefficient (Wildman–Crippen LogP) is 2.32. The van der Waals surface area contributed by atoms with Gasteiger partial charge in [0.2, 0.25) is 0 Å². The van der Waals surface area contributed by atoms with E-state index in [9.17, 15) is 0 Å². The van der Waals surface area contributed by atoms with Gasteiger partial charge in [-0.2, -0.15) is 11.3 Å². The van der Waals surface area contributed by atoms with E-state index in [2.05, 4.69) is 34.0 Å². The number of thiophene rings is 1. The maximum Gasteiger partial charge on any atom is 0.0246 e. The highest BCUT2D eigenvalue weighted by Crippen LogP contribution is 2.15. The zero-order valence-corrected chi connectivity index (χ0v) is 10.2. The maximum atomic E-state index is 3.49. The molecule has 1 saturated heterocycles. The summed E-state index contributed by atoms with van der Waals surface area (Å²) >= 11 is 1.80. The van der Waals surface area contributed by atoms with Crippen molar-refractivity contribution < 1.29 is 0 Å². The summed E-state index contributed by atoms with van der Waals surface area (Å²) in [4.78, 5) is 2.63. The van der Waals surface area contributed by atoms with Crippen LogP contribution in [0.25, 0.3) is 0 Å². The third-order valence-electron chi connectivity index (χ3n) is 3.06. The maximum absolute atomic E-state index is 3.49. The first kappa shape index (κ1) is 11.1. The fourth-order valence-electron chi connectivity index (χ4n) is 2.25. The highest BCUT2D eigenvalue weighted by molar-refractivity contribution is 7.07. The van der Waals surface area contributed by atoms with E-state index in [1.54, 1.807) is 11.3 Å². The number of rotatable bonds is 4. The largest absolute Gasteiger partial charge is 0.314 e. The first-order valence-electron chi connectivity index (χ1n) is 5.86. The Balaban J connectivity index is 1.92. The molecule has 2 heterocycles. The predicted molar refractivity (Wildman–Crippen MR) is 66.3 cm³/mol. The van der Waals surface area contributed by atoms with Crippen LogP contribution in [0.15, 0.2) is 16.8 Å². The molecule has 0 saturated carbocycles. The van der Waals surface area contributed by atoms with Gasteiger partial charge in [-0.15, -0.1) is 0 Å². The van der Waals surface area contributed by atoms with Crippen molar-refractivity contribution in [3.8, 4) is 0 Å². The van der Waals surface area contributed by atoms with E-state index in [1.165, 1.54) is 24.9 Å². The average molecular weight is 224 g/mol. The minimum atomic E-state index is 0.739. The van der Waals surface area contributed by atoms with Gasteiger partial charge < -0.3 is 5.32 Å². The van der Waals surface area contributed by atoms with Crippen molar-refractivity contribution in [2.45, 2.75) is 32.4 Å². The van der Waals surface area contributed by atoms with E-state index in [4.69, 9.17) is 0 Å². The van der Waals surface area contributed by atoms with Gasteiger partial charge in [-0.3, -0.25) is 4.90 Å². The van der Waals surface area contributed by atoms with Crippen molar-refractivity contribution in [1.29, 1.82) is 0 Å². The molecule has 0 amide bonds. The van der Waals surface area contributed by atoms with E-state index in [-0.39, 0.29) is 0 Å². The van der Waals surface area contributed by atoms with Crippen LogP contribution < -0.4 is 5.32 Å². The fourth-order valence-corrected chi connectivity index (χ4v) is 2.91.